The third-order valence-corrected chi connectivity index (χ3v) is 2.37. The van der Waals surface area contributed by atoms with Gasteiger partial charge in [-0.25, -0.2) is 4.98 Å². The fourth-order valence-corrected chi connectivity index (χ4v) is 1.55. The quantitative estimate of drug-likeness (QED) is 0.715. The summed E-state index contributed by atoms with van der Waals surface area (Å²) in [5.41, 5.74) is -0.393. The number of aromatic hydroxyl groups is 1. The molecule has 7 nitrogen and oxygen atoms in total. The summed E-state index contributed by atoms with van der Waals surface area (Å²) in [6, 6.07) is 2.35. The van der Waals surface area contributed by atoms with Crippen molar-refractivity contribution in [3.63, 3.8) is 0 Å². The minimum absolute atomic E-state index is 0.130. The van der Waals surface area contributed by atoms with Gasteiger partial charge in [-0.3, -0.25) is 14.6 Å². The second-order valence-corrected chi connectivity index (χ2v) is 3.82. The third-order valence-electron chi connectivity index (χ3n) is 2.37. The Morgan fingerprint density at radius 3 is 2.89 bits per heavy atom. The molecule has 0 aliphatic heterocycles. The number of hydrogen-bond acceptors (Lipinski definition) is 4. The van der Waals surface area contributed by atoms with E-state index in [9.17, 15) is 14.7 Å². The van der Waals surface area contributed by atoms with Gasteiger partial charge in [0.1, 0.15) is 5.82 Å². The van der Waals surface area contributed by atoms with Crippen LogP contribution in [0, 0.1) is 0 Å². The van der Waals surface area contributed by atoms with E-state index in [2.05, 4.69) is 15.0 Å². The van der Waals surface area contributed by atoms with Crippen LogP contribution >= 0.6 is 0 Å². The fraction of sp³-hybridized carbons (Fsp3) is 0.182. The summed E-state index contributed by atoms with van der Waals surface area (Å²) >= 11 is 0. The van der Waals surface area contributed by atoms with Gasteiger partial charge in [0.25, 0.3) is 11.5 Å². The number of carbonyl (C=O) groups excluding carboxylic acids is 1. The van der Waals surface area contributed by atoms with Gasteiger partial charge in [0, 0.05) is 31.6 Å². The molecule has 0 spiro atoms. The summed E-state index contributed by atoms with van der Waals surface area (Å²) in [4.78, 5) is 33.6. The van der Waals surface area contributed by atoms with Crippen molar-refractivity contribution in [2.45, 2.75) is 6.54 Å². The molecule has 0 aliphatic rings. The van der Waals surface area contributed by atoms with E-state index in [1.165, 1.54) is 11.0 Å². The highest BCUT2D eigenvalue weighted by Gasteiger charge is 2.14. The Morgan fingerprint density at radius 2 is 2.28 bits per heavy atom. The summed E-state index contributed by atoms with van der Waals surface area (Å²) < 4.78 is 0. The lowest BCUT2D eigenvalue weighted by atomic mass is 10.2. The van der Waals surface area contributed by atoms with Crippen molar-refractivity contribution >= 4 is 5.91 Å². The molecular weight excluding hydrogens is 236 g/mol. The number of H-pyrrole nitrogens is 2. The zero-order valence-electron chi connectivity index (χ0n) is 9.67. The minimum Gasteiger partial charge on any atom is -0.494 e. The number of carbonyl (C=O) groups is 1. The van der Waals surface area contributed by atoms with Gasteiger partial charge < -0.3 is 15.0 Å². The number of aromatic nitrogens is 3. The summed E-state index contributed by atoms with van der Waals surface area (Å²) in [5, 5.41) is 9.24. The van der Waals surface area contributed by atoms with Gasteiger partial charge in [-0.1, -0.05) is 0 Å². The molecule has 94 valence electrons. The van der Waals surface area contributed by atoms with Crippen LogP contribution in [0.3, 0.4) is 0 Å². The largest absolute Gasteiger partial charge is 0.494 e. The average molecular weight is 248 g/mol. The molecular formula is C11H12N4O3. The maximum absolute atomic E-state index is 12.0. The molecule has 3 N–H and O–H groups in total. The van der Waals surface area contributed by atoms with Crippen LogP contribution < -0.4 is 5.56 Å². The summed E-state index contributed by atoms with van der Waals surface area (Å²) in [7, 11) is 1.59. The lowest BCUT2D eigenvalue weighted by Gasteiger charge is -2.15. The molecule has 0 fully saturated rings. The predicted octanol–water partition coefficient (Wildman–Crippen LogP) is 0.0758. The number of nitrogens with zero attached hydrogens (tertiary/aromatic N) is 2. The van der Waals surface area contributed by atoms with Crippen LogP contribution in [0.1, 0.15) is 16.2 Å². The van der Waals surface area contributed by atoms with Crippen molar-refractivity contribution in [1.82, 2.24) is 19.9 Å². The van der Waals surface area contributed by atoms with Gasteiger partial charge in [-0.15, -0.1) is 0 Å². The van der Waals surface area contributed by atoms with Crippen LogP contribution in [0.25, 0.3) is 0 Å². The highest BCUT2D eigenvalue weighted by Crippen LogP contribution is 2.08. The van der Waals surface area contributed by atoms with E-state index < -0.39 is 5.56 Å². The van der Waals surface area contributed by atoms with Gasteiger partial charge >= 0.3 is 0 Å². The van der Waals surface area contributed by atoms with E-state index in [0.29, 0.717) is 12.4 Å². The van der Waals surface area contributed by atoms with Crippen molar-refractivity contribution in [2.24, 2.45) is 0 Å². The van der Waals surface area contributed by atoms with Crippen molar-refractivity contribution in [3.8, 4) is 5.88 Å². The van der Waals surface area contributed by atoms with Crippen LogP contribution in [0.5, 0.6) is 5.88 Å². The first-order chi connectivity index (χ1) is 8.56. The predicted molar refractivity (Wildman–Crippen MR) is 63.1 cm³/mol. The van der Waals surface area contributed by atoms with E-state index >= 15 is 0 Å². The van der Waals surface area contributed by atoms with E-state index in [1.807, 2.05) is 0 Å². The molecule has 18 heavy (non-hydrogen) atoms. The molecule has 0 bridgehead atoms. The molecule has 0 saturated carbocycles. The lowest BCUT2D eigenvalue weighted by Crippen LogP contribution is -2.27. The van der Waals surface area contributed by atoms with E-state index in [0.717, 1.165) is 6.07 Å². The average Bonchev–Trinajstić information content (AvgIpc) is 2.79. The van der Waals surface area contributed by atoms with Crippen LogP contribution in [0.4, 0.5) is 0 Å². The number of rotatable bonds is 3. The number of amides is 1. The highest BCUT2D eigenvalue weighted by atomic mass is 16.3. The number of hydrogen-bond donors (Lipinski definition) is 3. The normalized spacial score (nSPS) is 10.3. The number of imidazole rings is 1. The molecule has 2 rings (SSSR count). The van der Waals surface area contributed by atoms with Gasteiger partial charge in [0.2, 0.25) is 0 Å². The van der Waals surface area contributed by atoms with E-state index in [-0.39, 0.29) is 17.4 Å². The Bertz CT molecular complexity index is 603. The zero-order valence-corrected chi connectivity index (χ0v) is 9.67. The van der Waals surface area contributed by atoms with Crippen molar-refractivity contribution < 1.29 is 9.90 Å². The Morgan fingerprint density at radius 1 is 1.50 bits per heavy atom. The topological polar surface area (TPSA) is 102 Å². The van der Waals surface area contributed by atoms with Crippen LogP contribution in [0.2, 0.25) is 0 Å². The van der Waals surface area contributed by atoms with Crippen LogP contribution in [-0.2, 0) is 6.54 Å². The molecule has 2 aromatic heterocycles. The Kier molecular flexibility index (Phi) is 3.13. The Hall–Kier alpha value is -2.57. The van der Waals surface area contributed by atoms with Crippen molar-refractivity contribution in [2.75, 3.05) is 7.05 Å². The maximum Gasteiger partial charge on any atom is 0.254 e. The monoisotopic (exact) mass is 248 g/mol. The highest BCUT2D eigenvalue weighted by molar-refractivity contribution is 5.94. The first kappa shape index (κ1) is 11.9. The van der Waals surface area contributed by atoms with Gasteiger partial charge in [0.15, 0.2) is 5.88 Å². The molecule has 1 amide bonds. The zero-order chi connectivity index (χ0) is 13.1. The smallest absolute Gasteiger partial charge is 0.254 e. The molecule has 0 aliphatic carbocycles. The van der Waals surface area contributed by atoms with Crippen molar-refractivity contribution in [1.29, 1.82) is 0 Å². The summed E-state index contributed by atoms with van der Waals surface area (Å²) in [5.74, 6) is -0.0649. The van der Waals surface area contributed by atoms with Crippen LogP contribution in [-0.4, -0.2) is 37.9 Å². The first-order valence-electron chi connectivity index (χ1n) is 5.23. The van der Waals surface area contributed by atoms with Gasteiger partial charge in [0.05, 0.1) is 12.1 Å². The summed E-state index contributed by atoms with van der Waals surface area (Å²) in [6.07, 6.45) is 3.25. The second kappa shape index (κ2) is 4.74. The molecule has 7 heteroatoms. The fourth-order valence-electron chi connectivity index (χ4n) is 1.55. The van der Waals surface area contributed by atoms with E-state index in [1.54, 1.807) is 19.4 Å². The number of aromatic amines is 2. The molecule has 0 unspecified atom stereocenters. The van der Waals surface area contributed by atoms with Crippen molar-refractivity contribution in [3.05, 3.63) is 46.3 Å². The van der Waals surface area contributed by atoms with Gasteiger partial charge in [-0.2, -0.15) is 0 Å². The molecule has 0 radical (unpaired) electrons. The molecule has 2 heterocycles. The number of nitrogens with one attached hydrogen (secondary N) is 2. The lowest BCUT2D eigenvalue weighted by molar-refractivity contribution is 0.0781. The molecule has 0 atom stereocenters. The Labute approximate surface area is 102 Å². The summed E-state index contributed by atoms with van der Waals surface area (Å²) in [6.45, 7) is 0.291. The molecule has 0 aromatic carbocycles. The number of pyridine rings is 1. The minimum atomic E-state index is -0.523. The SMILES string of the molecule is CN(Cc1ncc[nH]1)C(=O)c1cc(O)[nH]c(=O)c1. The van der Waals surface area contributed by atoms with E-state index in [4.69, 9.17) is 0 Å². The molecule has 0 saturated heterocycles. The second-order valence-electron chi connectivity index (χ2n) is 3.82. The first-order valence-corrected chi connectivity index (χ1v) is 5.23. The third kappa shape index (κ3) is 2.57. The molecule has 2 aromatic rings. The van der Waals surface area contributed by atoms with Crippen LogP contribution in [0.15, 0.2) is 29.3 Å². The standard InChI is InChI=1S/C11H12N4O3/c1-15(6-8-12-2-3-13-8)11(18)7-4-9(16)14-10(17)5-7/h2-5H,6H2,1H3,(H,12,13)(H2,14,16,17). The van der Waals surface area contributed by atoms with Gasteiger partial charge in [-0.05, 0) is 0 Å². The Balaban J connectivity index is 2.17. The maximum atomic E-state index is 12.0.